The molecule has 2 N–H and O–H groups in total. The number of sulfonamides is 1. The fraction of sp³-hybridized carbons (Fsp3) is 0.636. The number of aromatic amines is 1. The van der Waals surface area contributed by atoms with Crippen LogP contribution in [0, 0.1) is 5.41 Å². The Balaban J connectivity index is 2.13. The molecule has 1 aliphatic rings. The van der Waals surface area contributed by atoms with Crippen LogP contribution in [0.15, 0.2) is 11.2 Å². The van der Waals surface area contributed by atoms with Gasteiger partial charge in [0.25, 0.3) is 10.0 Å². The van der Waals surface area contributed by atoms with Crippen LogP contribution in [-0.2, 0) is 19.5 Å². The van der Waals surface area contributed by atoms with Crippen LogP contribution in [0.3, 0.4) is 0 Å². The second kappa shape index (κ2) is 5.51. The van der Waals surface area contributed by atoms with E-state index in [4.69, 9.17) is 9.47 Å². The van der Waals surface area contributed by atoms with Crippen LogP contribution in [0.5, 0.6) is 0 Å². The van der Waals surface area contributed by atoms with Gasteiger partial charge in [0.2, 0.25) is 0 Å². The molecule has 2 rings (SSSR count). The Morgan fingerprint density at radius 1 is 1.60 bits per heavy atom. The zero-order valence-electron chi connectivity index (χ0n) is 11.3. The van der Waals surface area contributed by atoms with Gasteiger partial charge >= 0.3 is 5.97 Å². The predicted molar refractivity (Wildman–Crippen MR) is 68.7 cm³/mol. The van der Waals surface area contributed by atoms with Crippen LogP contribution in [0.2, 0.25) is 0 Å². The molecule has 0 saturated carbocycles. The summed E-state index contributed by atoms with van der Waals surface area (Å²) < 4.78 is 36.7. The first-order valence-corrected chi connectivity index (χ1v) is 7.64. The number of nitrogens with one attached hydrogen (secondary N) is 2. The van der Waals surface area contributed by atoms with Gasteiger partial charge in [0.05, 0.1) is 26.0 Å². The summed E-state index contributed by atoms with van der Waals surface area (Å²) in [5.74, 6) is -0.722. The van der Waals surface area contributed by atoms with Gasteiger partial charge in [-0.25, -0.2) is 17.9 Å². The molecule has 1 aromatic heterocycles. The summed E-state index contributed by atoms with van der Waals surface area (Å²) in [6, 6.07) is 0. The van der Waals surface area contributed by atoms with Crippen LogP contribution in [-0.4, -0.2) is 50.9 Å². The highest BCUT2D eigenvalue weighted by Crippen LogP contribution is 2.26. The first-order valence-electron chi connectivity index (χ1n) is 6.16. The number of H-pyrrole nitrogens is 1. The number of ether oxygens (including phenoxy) is 2. The van der Waals surface area contributed by atoms with E-state index in [1.54, 1.807) is 6.92 Å². The zero-order chi connectivity index (χ0) is 14.8. The maximum Gasteiger partial charge on any atom is 0.342 e. The maximum atomic E-state index is 12.2. The Hall–Kier alpha value is -1.45. The molecule has 9 heteroatoms. The molecule has 0 radical (unpaired) electrons. The Kier molecular flexibility index (Phi) is 4.11. The normalized spacial score (nSPS) is 17.5. The minimum absolute atomic E-state index is 0.102. The molecule has 2 heterocycles. The lowest BCUT2D eigenvalue weighted by molar-refractivity contribution is -0.0966. The lowest BCUT2D eigenvalue weighted by Crippen LogP contribution is -2.48. The van der Waals surface area contributed by atoms with Crippen molar-refractivity contribution in [2.75, 3.05) is 26.4 Å². The number of carbonyl (C=O) groups excluding carboxylic acids is 1. The van der Waals surface area contributed by atoms with Crippen molar-refractivity contribution in [3.63, 3.8) is 0 Å². The first-order chi connectivity index (χ1) is 9.38. The molecule has 0 aromatic carbocycles. The van der Waals surface area contributed by atoms with E-state index >= 15 is 0 Å². The average molecular weight is 303 g/mol. The summed E-state index contributed by atoms with van der Waals surface area (Å²) in [6.07, 6.45) is 1.14. The number of hydrogen-bond donors (Lipinski definition) is 2. The van der Waals surface area contributed by atoms with Gasteiger partial charge in [0.15, 0.2) is 5.03 Å². The maximum absolute atomic E-state index is 12.2. The Morgan fingerprint density at radius 3 is 2.85 bits per heavy atom. The van der Waals surface area contributed by atoms with Gasteiger partial charge in [-0.15, -0.1) is 0 Å². The van der Waals surface area contributed by atoms with Gasteiger partial charge in [-0.05, 0) is 6.92 Å². The van der Waals surface area contributed by atoms with E-state index in [0.717, 1.165) is 6.20 Å². The van der Waals surface area contributed by atoms with E-state index in [0.29, 0.717) is 13.2 Å². The van der Waals surface area contributed by atoms with Gasteiger partial charge in [-0.3, -0.25) is 5.10 Å². The highest BCUT2D eigenvalue weighted by atomic mass is 32.2. The van der Waals surface area contributed by atoms with Crippen LogP contribution in [0.25, 0.3) is 0 Å². The van der Waals surface area contributed by atoms with Gasteiger partial charge < -0.3 is 9.47 Å². The van der Waals surface area contributed by atoms with Crippen LogP contribution in [0.1, 0.15) is 24.2 Å². The molecule has 112 valence electrons. The second-order valence-corrected chi connectivity index (χ2v) is 6.67. The third-order valence-electron chi connectivity index (χ3n) is 2.96. The number of esters is 1. The molecule has 1 aliphatic heterocycles. The zero-order valence-corrected chi connectivity index (χ0v) is 12.1. The van der Waals surface area contributed by atoms with Crippen molar-refractivity contribution >= 4 is 16.0 Å². The number of nitrogens with zero attached hydrogens (tertiary/aromatic N) is 1. The summed E-state index contributed by atoms with van der Waals surface area (Å²) in [5, 5.41) is 5.65. The van der Waals surface area contributed by atoms with Gasteiger partial charge in [0.1, 0.15) is 5.56 Å². The Labute approximate surface area is 116 Å². The molecule has 0 spiro atoms. The lowest BCUT2D eigenvalue weighted by atomic mass is 9.89. The molecule has 20 heavy (non-hydrogen) atoms. The van der Waals surface area contributed by atoms with Crippen molar-refractivity contribution in [3.05, 3.63) is 11.8 Å². The molecular weight excluding hydrogens is 286 g/mol. The summed E-state index contributed by atoms with van der Waals surface area (Å²) in [4.78, 5) is 11.6. The van der Waals surface area contributed by atoms with Crippen molar-refractivity contribution in [1.29, 1.82) is 0 Å². The molecule has 8 nitrogen and oxygen atoms in total. The quantitative estimate of drug-likeness (QED) is 0.710. The van der Waals surface area contributed by atoms with Gasteiger partial charge in [-0.2, -0.15) is 5.10 Å². The third kappa shape index (κ3) is 3.00. The summed E-state index contributed by atoms with van der Waals surface area (Å²) in [6.45, 7) is 4.95. The van der Waals surface area contributed by atoms with Crippen molar-refractivity contribution in [3.8, 4) is 0 Å². The minimum Gasteiger partial charge on any atom is -0.462 e. The summed E-state index contributed by atoms with van der Waals surface area (Å²) in [7, 11) is -3.84. The number of hydrogen-bond acceptors (Lipinski definition) is 6. The largest absolute Gasteiger partial charge is 0.462 e. The van der Waals surface area contributed by atoms with Crippen LogP contribution >= 0.6 is 0 Å². The Bertz CT molecular complexity index is 591. The van der Waals surface area contributed by atoms with E-state index in [2.05, 4.69) is 14.9 Å². The molecule has 0 bridgehead atoms. The Morgan fingerprint density at radius 2 is 2.30 bits per heavy atom. The molecule has 0 aliphatic carbocycles. The highest BCUT2D eigenvalue weighted by Gasteiger charge is 2.35. The fourth-order valence-electron chi connectivity index (χ4n) is 1.73. The topological polar surface area (TPSA) is 110 Å². The lowest BCUT2D eigenvalue weighted by Gasteiger charge is -2.37. The molecule has 0 unspecified atom stereocenters. The van der Waals surface area contributed by atoms with Crippen LogP contribution < -0.4 is 4.72 Å². The third-order valence-corrected chi connectivity index (χ3v) is 4.33. The van der Waals surface area contributed by atoms with Crippen molar-refractivity contribution in [1.82, 2.24) is 14.9 Å². The monoisotopic (exact) mass is 303 g/mol. The predicted octanol–water partition coefficient (Wildman–Crippen LogP) is -0.0988. The van der Waals surface area contributed by atoms with E-state index < -0.39 is 16.0 Å². The minimum atomic E-state index is -3.84. The van der Waals surface area contributed by atoms with Crippen molar-refractivity contribution in [2.45, 2.75) is 18.9 Å². The van der Waals surface area contributed by atoms with Gasteiger partial charge in [0, 0.05) is 12.0 Å². The number of aromatic nitrogens is 2. The van der Waals surface area contributed by atoms with Crippen molar-refractivity contribution < 1.29 is 22.7 Å². The first kappa shape index (κ1) is 14.9. The summed E-state index contributed by atoms with van der Waals surface area (Å²) >= 11 is 0. The molecule has 0 atom stereocenters. The molecule has 1 saturated heterocycles. The van der Waals surface area contributed by atoms with Crippen LogP contribution in [0.4, 0.5) is 0 Å². The number of carbonyl (C=O) groups is 1. The summed E-state index contributed by atoms with van der Waals surface area (Å²) in [5.41, 5.74) is -0.314. The second-order valence-electron chi connectivity index (χ2n) is 4.96. The SMILES string of the molecule is CCOC(=O)c1cn[nH]c1S(=O)(=O)NCC1(C)COC1. The molecular formula is C11H17N3O5S. The van der Waals surface area contributed by atoms with E-state index in [-0.39, 0.29) is 29.2 Å². The molecule has 1 fully saturated rings. The smallest absolute Gasteiger partial charge is 0.342 e. The fourth-order valence-corrected chi connectivity index (χ4v) is 3.01. The van der Waals surface area contributed by atoms with E-state index in [1.165, 1.54) is 0 Å². The van der Waals surface area contributed by atoms with Gasteiger partial charge in [-0.1, -0.05) is 6.92 Å². The van der Waals surface area contributed by atoms with E-state index in [1.807, 2.05) is 6.92 Å². The molecule has 0 amide bonds. The standard InChI is InChI=1S/C11H17N3O5S/c1-3-19-10(15)8-4-12-14-9(8)20(16,17)13-5-11(2)6-18-7-11/h4,13H,3,5-7H2,1-2H3,(H,12,14). The molecule has 1 aromatic rings. The van der Waals surface area contributed by atoms with E-state index in [9.17, 15) is 13.2 Å². The highest BCUT2D eigenvalue weighted by molar-refractivity contribution is 7.89. The average Bonchev–Trinajstić information content (AvgIpc) is 2.84. The number of rotatable bonds is 6. The van der Waals surface area contributed by atoms with Crippen molar-refractivity contribution in [2.24, 2.45) is 5.41 Å².